The fourth-order valence-corrected chi connectivity index (χ4v) is 7.07. The molecule has 0 amide bonds. The molecule has 5 rings (SSSR count). The lowest BCUT2D eigenvalue weighted by Gasteiger charge is -2.11. The van der Waals surface area contributed by atoms with Gasteiger partial charge in [0.05, 0.1) is 16.3 Å². The van der Waals surface area contributed by atoms with E-state index in [0.717, 1.165) is 24.3 Å². The third kappa shape index (κ3) is 6.49. The van der Waals surface area contributed by atoms with Crippen molar-refractivity contribution in [2.75, 3.05) is 18.1 Å². The molecule has 0 saturated carbocycles. The number of phenolic OH excluding ortho intramolecular Hbond substituents is 2. The Bertz CT molecular complexity index is 2480. The molecule has 5 aromatic rings. The van der Waals surface area contributed by atoms with Gasteiger partial charge in [0.1, 0.15) is 32.5 Å². The number of nitrogens with zero attached hydrogens (tertiary/aromatic N) is 4. The molecule has 0 unspecified atom stereocenters. The van der Waals surface area contributed by atoms with Gasteiger partial charge < -0.3 is 15.5 Å². The Balaban J connectivity index is 1.59. The Morgan fingerprint density at radius 3 is 1.89 bits per heavy atom. The molecule has 244 valence electrons. The first-order valence-electron chi connectivity index (χ1n) is 13.4. The standard InChI is InChI=1S/C29H25N5O10S3/c1-3-45(37,38)17-8-12-20(25(15-17)47(42,43)44)31-34-27-18-9-14-22(28(35)19(18)10-13-21(27)30-2)32-33-23-11-7-16-5-4-6-24(46(39,40)41)26(16)29(23)36/h4-15,30,35-36H,3H2,1-2H3,(H,39,40,41)(H,42,43,44)/b33-32+,34-31+. The summed E-state index contributed by atoms with van der Waals surface area (Å²) in [5.41, 5.74) is -0.00441. The van der Waals surface area contributed by atoms with Gasteiger partial charge in [0.2, 0.25) is 0 Å². The van der Waals surface area contributed by atoms with E-state index in [9.17, 15) is 44.6 Å². The van der Waals surface area contributed by atoms with Gasteiger partial charge in [-0.2, -0.15) is 16.8 Å². The molecule has 0 aliphatic heterocycles. The number of aromatic hydroxyl groups is 2. The van der Waals surface area contributed by atoms with Crippen LogP contribution in [0.4, 0.5) is 28.4 Å². The lowest BCUT2D eigenvalue weighted by molar-refractivity contribution is 0.474. The van der Waals surface area contributed by atoms with Gasteiger partial charge in [-0.15, -0.1) is 20.5 Å². The van der Waals surface area contributed by atoms with Crippen molar-refractivity contribution in [1.82, 2.24) is 0 Å². The summed E-state index contributed by atoms with van der Waals surface area (Å²) in [6.07, 6.45) is 0. The van der Waals surface area contributed by atoms with Gasteiger partial charge in [-0.25, -0.2) is 8.42 Å². The molecule has 47 heavy (non-hydrogen) atoms. The molecule has 15 nitrogen and oxygen atoms in total. The summed E-state index contributed by atoms with van der Waals surface area (Å²) >= 11 is 0. The van der Waals surface area contributed by atoms with Gasteiger partial charge in [-0.05, 0) is 60.0 Å². The largest absolute Gasteiger partial charge is 0.505 e. The molecule has 0 aromatic heterocycles. The predicted molar refractivity (Wildman–Crippen MR) is 173 cm³/mol. The van der Waals surface area contributed by atoms with E-state index < -0.39 is 45.6 Å². The van der Waals surface area contributed by atoms with Gasteiger partial charge >= 0.3 is 0 Å². The van der Waals surface area contributed by atoms with Crippen molar-refractivity contribution in [3.05, 3.63) is 72.8 Å². The smallest absolute Gasteiger partial charge is 0.296 e. The van der Waals surface area contributed by atoms with Crippen molar-refractivity contribution in [2.24, 2.45) is 20.5 Å². The molecule has 0 fully saturated rings. The quantitative estimate of drug-likeness (QED) is 0.0814. The first-order chi connectivity index (χ1) is 22.1. The highest BCUT2D eigenvalue weighted by molar-refractivity contribution is 7.91. The number of hydrogen-bond donors (Lipinski definition) is 5. The molecule has 0 radical (unpaired) electrons. The van der Waals surface area contributed by atoms with E-state index in [1.54, 1.807) is 13.1 Å². The molecule has 0 bridgehead atoms. The van der Waals surface area contributed by atoms with E-state index in [2.05, 4.69) is 25.8 Å². The lowest BCUT2D eigenvalue weighted by atomic mass is 10.1. The molecular formula is C29H25N5O10S3. The zero-order valence-corrected chi connectivity index (χ0v) is 26.8. The fraction of sp³-hybridized carbons (Fsp3) is 0.103. The predicted octanol–water partition coefficient (Wildman–Crippen LogP) is 6.56. The van der Waals surface area contributed by atoms with Crippen LogP contribution in [0.25, 0.3) is 21.5 Å². The average molecular weight is 700 g/mol. The minimum atomic E-state index is -4.91. The maximum Gasteiger partial charge on any atom is 0.296 e. The number of hydrogen-bond acceptors (Lipinski definition) is 13. The molecule has 0 atom stereocenters. The number of azo groups is 2. The summed E-state index contributed by atoms with van der Waals surface area (Å²) in [7, 11) is -11.8. The summed E-state index contributed by atoms with van der Waals surface area (Å²) in [5, 5.41) is 41.6. The summed E-state index contributed by atoms with van der Waals surface area (Å²) in [4.78, 5) is -1.62. The van der Waals surface area contributed by atoms with E-state index in [4.69, 9.17) is 0 Å². The highest BCUT2D eigenvalue weighted by Crippen LogP contribution is 2.44. The number of sulfone groups is 1. The number of rotatable bonds is 9. The third-order valence-electron chi connectivity index (χ3n) is 7.10. The maximum absolute atomic E-state index is 12.3. The second-order valence-corrected chi connectivity index (χ2v) is 15.0. The molecule has 5 aromatic carbocycles. The zero-order chi connectivity index (χ0) is 34.3. The summed E-state index contributed by atoms with van der Waals surface area (Å²) in [5.74, 6) is -1.23. The van der Waals surface area contributed by atoms with Crippen LogP contribution in [0.15, 0.2) is 108 Å². The number of fused-ring (bicyclic) bond motifs is 2. The second kappa shape index (κ2) is 12.3. The minimum absolute atomic E-state index is 0.0541. The molecule has 5 N–H and O–H groups in total. The van der Waals surface area contributed by atoms with Crippen LogP contribution in [0.1, 0.15) is 6.92 Å². The SMILES string of the molecule is CCS(=O)(=O)c1ccc(/N=N/c2c(NC)ccc3c(O)c(/N=N/c4ccc5cccc(S(=O)(=O)O)c5c4O)ccc23)c(S(=O)(=O)O)c1. The van der Waals surface area contributed by atoms with E-state index in [0.29, 0.717) is 16.5 Å². The van der Waals surface area contributed by atoms with Gasteiger partial charge in [0.25, 0.3) is 20.2 Å². The third-order valence-corrected chi connectivity index (χ3v) is 10.6. The van der Waals surface area contributed by atoms with Crippen molar-refractivity contribution >= 4 is 80.1 Å². The monoisotopic (exact) mass is 699 g/mol. The Hall–Kier alpha value is -5.01. The van der Waals surface area contributed by atoms with Gasteiger partial charge in [0, 0.05) is 23.2 Å². The fourth-order valence-electron chi connectivity index (χ4n) is 4.72. The highest BCUT2D eigenvalue weighted by atomic mass is 32.2. The zero-order valence-electron chi connectivity index (χ0n) is 24.4. The number of benzene rings is 5. The van der Waals surface area contributed by atoms with Gasteiger partial charge in [-0.1, -0.05) is 25.1 Å². The molecule has 0 aliphatic rings. The van der Waals surface area contributed by atoms with E-state index in [-0.39, 0.29) is 49.9 Å². The van der Waals surface area contributed by atoms with Crippen LogP contribution in [0, 0.1) is 0 Å². The molecule has 0 spiro atoms. The number of nitrogens with one attached hydrogen (secondary N) is 1. The van der Waals surface area contributed by atoms with Gasteiger partial charge in [-0.3, -0.25) is 9.11 Å². The summed E-state index contributed by atoms with van der Waals surface area (Å²) < 4.78 is 91.9. The minimum Gasteiger partial charge on any atom is -0.505 e. The molecule has 0 heterocycles. The van der Waals surface area contributed by atoms with E-state index in [1.807, 2.05) is 0 Å². The topological polar surface area (TPSA) is 245 Å². The van der Waals surface area contributed by atoms with Crippen LogP contribution in [-0.2, 0) is 30.1 Å². The molecule has 0 saturated heterocycles. The Morgan fingerprint density at radius 2 is 1.26 bits per heavy atom. The highest BCUT2D eigenvalue weighted by Gasteiger charge is 2.22. The van der Waals surface area contributed by atoms with Crippen LogP contribution in [-0.4, -0.2) is 57.4 Å². The van der Waals surface area contributed by atoms with Gasteiger partial charge in [0.15, 0.2) is 21.3 Å². The van der Waals surface area contributed by atoms with Crippen LogP contribution < -0.4 is 5.32 Å². The Labute approximate surface area is 268 Å². The van der Waals surface area contributed by atoms with Crippen molar-refractivity contribution < 1.29 is 44.6 Å². The van der Waals surface area contributed by atoms with Crippen molar-refractivity contribution in [3.8, 4) is 11.5 Å². The van der Waals surface area contributed by atoms with Crippen LogP contribution >= 0.6 is 0 Å². The summed E-state index contributed by atoms with van der Waals surface area (Å²) in [6.45, 7) is 1.38. The van der Waals surface area contributed by atoms with Crippen molar-refractivity contribution in [3.63, 3.8) is 0 Å². The van der Waals surface area contributed by atoms with Crippen LogP contribution in [0.2, 0.25) is 0 Å². The second-order valence-electron chi connectivity index (χ2n) is 9.91. The average Bonchev–Trinajstić information content (AvgIpc) is 3.02. The molecule has 0 aliphatic carbocycles. The first kappa shape index (κ1) is 33.4. The Kier molecular flexibility index (Phi) is 8.73. The van der Waals surface area contributed by atoms with Crippen molar-refractivity contribution in [2.45, 2.75) is 21.6 Å². The van der Waals surface area contributed by atoms with E-state index >= 15 is 0 Å². The van der Waals surface area contributed by atoms with Crippen LogP contribution in [0.5, 0.6) is 11.5 Å². The molecule has 18 heteroatoms. The first-order valence-corrected chi connectivity index (χ1v) is 18.0. The Morgan fingerprint density at radius 1 is 0.660 bits per heavy atom. The molecular weight excluding hydrogens is 675 g/mol. The lowest BCUT2D eigenvalue weighted by Crippen LogP contribution is -2.06. The normalized spacial score (nSPS) is 12.9. The van der Waals surface area contributed by atoms with Crippen molar-refractivity contribution in [1.29, 1.82) is 0 Å². The van der Waals surface area contributed by atoms with E-state index in [1.165, 1.54) is 49.4 Å². The number of anilines is 1. The van der Waals surface area contributed by atoms with Crippen LogP contribution in [0.3, 0.4) is 0 Å². The summed E-state index contributed by atoms with van der Waals surface area (Å²) in [6, 6.07) is 15.9. The maximum atomic E-state index is 12.3. The number of phenols is 2.